The number of hydrogen-bond donors (Lipinski definition) is 0. The quantitative estimate of drug-likeness (QED) is 0.706. The van der Waals surface area contributed by atoms with Crippen LogP contribution < -0.4 is 4.90 Å². The molecule has 1 aliphatic heterocycles. The van der Waals surface area contributed by atoms with E-state index in [1.54, 1.807) is 6.07 Å². The maximum Gasteiger partial charge on any atom is 0.416 e. The van der Waals surface area contributed by atoms with E-state index < -0.39 is 11.7 Å². The Bertz CT molecular complexity index is 493. The van der Waals surface area contributed by atoms with Crippen molar-refractivity contribution < 1.29 is 13.2 Å². The van der Waals surface area contributed by atoms with E-state index in [1.807, 2.05) is 24.8 Å². The van der Waals surface area contributed by atoms with Crippen LogP contribution in [0.2, 0.25) is 0 Å². The molecular weight excluding hydrogens is 307 g/mol. The predicted molar refractivity (Wildman–Crippen MR) is 69.5 cm³/mol. The molecule has 1 atom stereocenters. The Hall–Kier alpha value is -0.970. The third kappa shape index (κ3) is 2.55. The average Bonchev–Trinajstić information content (AvgIpc) is 2.56. The van der Waals surface area contributed by atoms with Crippen LogP contribution in [0.1, 0.15) is 25.8 Å². The summed E-state index contributed by atoms with van der Waals surface area (Å²) < 4.78 is 38.8. The number of alkyl halides is 3. The van der Waals surface area contributed by atoms with Gasteiger partial charge in [0.25, 0.3) is 0 Å². The molecule has 0 radical (unpaired) electrons. The van der Waals surface area contributed by atoms with Gasteiger partial charge >= 0.3 is 6.18 Å². The highest BCUT2D eigenvalue weighted by Gasteiger charge is 2.32. The molecule has 1 heterocycles. The van der Waals surface area contributed by atoms with Gasteiger partial charge in [-0.05, 0) is 38.5 Å². The molecule has 98 valence electrons. The average molecular weight is 320 g/mol. The Morgan fingerprint density at radius 1 is 1.28 bits per heavy atom. The van der Waals surface area contributed by atoms with Crippen molar-refractivity contribution in [2.45, 2.75) is 32.5 Å². The van der Waals surface area contributed by atoms with Gasteiger partial charge in [-0.1, -0.05) is 22.0 Å². The molecule has 1 aliphatic rings. The van der Waals surface area contributed by atoms with Crippen molar-refractivity contribution in [1.82, 2.24) is 0 Å². The minimum absolute atomic E-state index is 0.195. The molecule has 1 aromatic carbocycles. The number of nitrogens with zero attached hydrogens (tertiary/aromatic N) is 1. The van der Waals surface area contributed by atoms with Gasteiger partial charge in [0, 0.05) is 21.9 Å². The highest BCUT2D eigenvalue weighted by molar-refractivity contribution is 9.10. The van der Waals surface area contributed by atoms with Crippen molar-refractivity contribution >= 4 is 21.6 Å². The minimum atomic E-state index is -4.32. The Kier molecular flexibility index (Phi) is 3.45. The van der Waals surface area contributed by atoms with Crippen LogP contribution >= 0.6 is 15.9 Å². The highest BCUT2D eigenvalue weighted by atomic mass is 79.9. The first-order valence-corrected chi connectivity index (χ1v) is 6.42. The summed E-state index contributed by atoms with van der Waals surface area (Å²) in [7, 11) is 0. The Labute approximate surface area is 112 Å². The van der Waals surface area contributed by atoms with E-state index in [1.165, 1.54) is 6.07 Å². The molecule has 0 aromatic heterocycles. The number of hydrogen-bond acceptors (Lipinski definition) is 1. The van der Waals surface area contributed by atoms with Crippen LogP contribution in [0.3, 0.4) is 0 Å². The summed E-state index contributed by atoms with van der Waals surface area (Å²) in [6, 6.07) is 4.21. The number of halogens is 4. The molecule has 0 saturated carbocycles. The van der Waals surface area contributed by atoms with E-state index in [0.29, 0.717) is 10.2 Å². The zero-order chi connectivity index (χ0) is 13.5. The van der Waals surface area contributed by atoms with Gasteiger partial charge in [-0.15, -0.1) is 0 Å². The smallest absolute Gasteiger partial charge is 0.343 e. The first-order valence-electron chi connectivity index (χ1n) is 5.63. The van der Waals surface area contributed by atoms with E-state index in [4.69, 9.17) is 0 Å². The van der Waals surface area contributed by atoms with Gasteiger partial charge < -0.3 is 4.90 Å². The van der Waals surface area contributed by atoms with Gasteiger partial charge in [-0.2, -0.15) is 13.2 Å². The second-order valence-corrected chi connectivity index (χ2v) is 5.41. The Morgan fingerprint density at radius 2 is 1.94 bits per heavy atom. The van der Waals surface area contributed by atoms with Crippen molar-refractivity contribution in [3.05, 3.63) is 40.0 Å². The minimum Gasteiger partial charge on any atom is -0.343 e. The van der Waals surface area contributed by atoms with Gasteiger partial charge in [0.2, 0.25) is 0 Å². The summed E-state index contributed by atoms with van der Waals surface area (Å²) in [5.41, 5.74) is 0.947. The molecule has 0 N–H and O–H groups in total. The summed E-state index contributed by atoms with van der Waals surface area (Å²) in [4.78, 5) is 1.93. The zero-order valence-corrected chi connectivity index (χ0v) is 11.6. The zero-order valence-electron chi connectivity index (χ0n) is 10.1. The molecule has 0 aliphatic carbocycles. The van der Waals surface area contributed by atoms with Crippen LogP contribution in [0.5, 0.6) is 0 Å². The molecular formula is C13H13BrF3N. The van der Waals surface area contributed by atoms with Crippen molar-refractivity contribution in [2.24, 2.45) is 0 Å². The number of rotatable bonds is 1. The third-order valence-electron chi connectivity index (χ3n) is 3.06. The fourth-order valence-corrected chi connectivity index (χ4v) is 2.71. The Morgan fingerprint density at radius 3 is 2.44 bits per heavy atom. The summed E-state index contributed by atoms with van der Waals surface area (Å²) in [5.74, 6) is 0. The van der Waals surface area contributed by atoms with E-state index in [9.17, 15) is 13.2 Å². The molecule has 1 unspecified atom stereocenters. The van der Waals surface area contributed by atoms with Crippen LogP contribution in [-0.2, 0) is 6.18 Å². The van der Waals surface area contributed by atoms with Gasteiger partial charge in [-0.25, -0.2) is 0 Å². The standard InChI is InChI=1S/C13H13BrF3N/c1-8-3-4-9(2)18(8)12-6-10(13(15,16)17)5-11(14)7-12/h3,5-7,9H,4H2,1-2H3. The highest BCUT2D eigenvalue weighted by Crippen LogP contribution is 2.37. The lowest BCUT2D eigenvalue weighted by Crippen LogP contribution is -2.26. The first-order chi connectivity index (χ1) is 8.29. The molecule has 0 amide bonds. The Balaban J connectivity index is 2.46. The summed E-state index contributed by atoms with van der Waals surface area (Å²) in [6.07, 6.45) is -1.42. The number of anilines is 1. The van der Waals surface area contributed by atoms with Gasteiger partial charge in [0.05, 0.1) is 5.56 Å². The van der Waals surface area contributed by atoms with Crippen LogP contribution in [0.4, 0.5) is 18.9 Å². The molecule has 0 bridgehead atoms. The van der Waals surface area contributed by atoms with E-state index in [0.717, 1.165) is 18.2 Å². The van der Waals surface area contributed by atoms with Gasteiger partial charge in [0.1, 0.15) is 0 Å². The van der Waals surface area contributed by atoms with Crippen LogP contribution in [0, 0.1) is 0 Å². The van der Waals surface area contributed by atoms with E-state index >= 15 is 0 Å². The lowest BCUT2D eigenvalue weighted by molar-refractivity contribution is -0.137. The number of allylic oxidation sites excluding steroid dienone is 1. The van der Waals surface area contributed by atoms with Gasteiger partial charge in [-0.3, -0.25) is 0 Å². The normalized spacial score (nSPS) is 20.2. The second kappa shape index (κ2) is 4.61. The summed E-state index contributed by atoms with van der Waals surface area (Å²) in [6.45, 7) is 3.92. The lowest BCUT2D eigenvalue weighted by Gasteiger charge is -2.27. The fourth-order valence-electron chi connectivity index (χ4n) is 2.23. The molecule has 5 heteroatoms. The molecule has 1 nitrogen and oxygen atoms in total. The van der Waals surface area contributed by atoms with Crippen molar-refractivity contribution in [3.63, 3.8) is 0 Å². The molecule has 1 aromatic rings. The van der Waals surface area contributed by atoms with Crippen molar-refractivity contribution in [3.8, 4) is 0 Å². The van der Waals surface area contributed by atoms with E-state index in [-0.39, 0.29) is 6.04 Å². The largest absolute Gasteiger partial charge is 0.416 e. The molecule has 18 heavy (non-hydrogen) atoms. The predicted octanol–water partition coefficient (Wildman–Crippen LogP) is 4.97. The third-order valence-corrected chi connectivity index (χ3v) is 3.52. The van der Waals surface area contributed by atoms with Crippen LogP contribution in [0.15, 0.2) is 34.4 Å². The van der Waals surface area contributed by atoms with Crippen LogP contribution in [-0.4, -0.2) is 6.04 Å². The maximum atomic E-state index is 12.8. The molecule has 0 saturated heterocycles. The fraction of sp³-hybridized carbons (Fsp3) is 0.385. The van der Waals surface area contributed by atoms with Crippen molar-refractivity contribution in [1.29, 1.82) is 0 Å². The summed E-state index contributed by atoms with van der Waals surface area (Å²) >= 11 is 3.15. The van der Waals surface area contributed by atoms with Gasteiger partial charge in [0.15, 0.2) is 0 Å². The molecule has 0 fully saturated rings. The lowest BCUT2D eigenvalue weighted by atomic mass is 10.1. The monoisotopic (exact) mass is 319 g/mol. The van der Waals surface area contributed by atoms with Crippen LogP contribution in [0.25, 0.3) is 0 Å². The molecule has 2 rings (SSSR count). The maximum absolute atomic E-state index is 12.8. The van der Waals surface area contributed by atoms with Crippen molar-refractivity contribution in [2.75, 3.05) is 4.90 Å². The summed E-state index contributed by atoms with van der Waals surface area (Å²) in [5, 5.41) is 0. The topological polar surface area (TPSA) is 3.24 Å². The second-order valence-electron chi connectivity index (χ2n) is 4.50. The van der Waals surface area contributed by atoms with E-state index in [2.05, 4.69) is 15.9 Å². The SMILES string of the molecule is CC1=CCC(C)N1c1cc(Br)cc(C(F)(F)F)c1. The number of benzene rings is 1. The first kappa shape index (κ1) is 13.5. The molecule has 0 spiro atoms.